The molecule has 1 amide bonds. The summed E-state index contributed by atoms with van der Waals surface area (Å²) in [4.78, 5) is 26.6. The molecule has 7 nitrogen and oxygen atoms in total. The van der Waals surface area contributed by atoms with Crippen molar-refractivity contribution >= 4 is 28.2 Å². The van der Waals surface area contributed by atoms with Crippen LogP contribution in [0.4, 0.5) is 11.4 Å². The number of aromatic nitrogens is 1. The molecule has 0 unspecified atom stereocenters. The molecule has 4 aromatic rings. The second kappa shape index (κ2) is 11.0. The van der Waals surface area contributed by atoms with Gasteiger partial charge in [0.15, 0.2) is 11.5 Å². The van der Waals surface area contributed by atoms with E-state index in [0.29, 0.717) is 40.7 Å². The van der Waals surface area contributed by atoms with Gasteiger partial charge in [0.2, 0.25) is 5.91 Å². The molecule has 0 spiro atoms. The van der Waals surface area contributed by atoms with Crippen molar-refractivity contribution in [3.8, 4) is 11.5 Å². The largest absolute Gasteiger partial charge is 0.493 e. The Balaban J connectivity index is 1.69. The van der Waals surface area contributed by atoms with Gasteiger partial charge in [-0.1, -0.05) is 44.2 Å². The first-order chi connectivity index (χ1) is 17.4. The molecule has 1 heterocycles. The van der Waals surface area contributed by atoms with Crippen LogP contribution in [0.25, 0.3) is 10.9 Å². The lowest BCUT2D eigenvalue weighted by molar-refractivity contribution is -0.116. The van der Waals surface area contributed by atoms with Gasteiger partial charge in [0.25, 0.3) is 5.56 Å². The van der Waals surface area contributed by atoms with Crippen LogP contribution in [0.2, 0.25) is 0 Å². The van der Waals surface area contributed by atoms with E-state index in [4.69, 9.17) is 9.47 Å². The van der Waals surface area contributed by atoms with Gasteiger partial charge in [0.05, 0.1) is 19.7 Å². The van der Waals surface area contributed by atoms with E-state index in [-0.39, 0.29) is 18.0 Å². The molecule has 4 rings (SSSR count). The Bertz CT molecular complexity index is 1410. The van der Waals surface area contributed by atoms with Crippen LogP contribution in [0, 0.1) is 0 Å². The van der Waals surface area contributed by atoms with Crippen LogP contribution in [-0.2, 0) is 17.9 Å². The highest BCUT2D eigenvalue weighted by Crippen LogP contribution is 2.32. The van der Waals surface area contributed by atoms with Crippen molar-refractivity contribution in [3.63, 3.8) is 0 Å². The zero-order valence-electron chi connectivity index (χ0n) is 21.0. The van der Waals surface area contributed by atoms with E-state index in [0.717, 1.165) is 11.1 Å². The van der Waals surface area contributed by atoms with E-state index in [1.807, 2.05) is 66.7 Å². The van der Waals surface area contributed by atoms with E-state index in [9.17, 15) is 9.59 Å². The van der Waals surface area contributed by atoms with Gasteiger partial charge in [0, 0.05) is 34.9 Å². The Morgan fingerprint density at radius 2 is 1.56 bits per heavy atom. The number of fused-ring (bicyclic) bond motifs is 1. The number of carbonyl (C=O) groups is 1. The minimum Gasteiger partial charge on any atom is -0.493 e. The summed E-state index contributed by atoms with van der Waals surface area (Å²) < 4.78 is 12.4. The summed E-state index contributed by atoms with van der Waals surface area (Å²) in [6, 6.07) is 22.8. The molecule has 1 aromatic heterocycles. The van der Waals surface area contributed by atoms with Crippen molar-refractivity contribution in [3.05, 3.63) is 94.3 Å². The van der Waals surface area contributed by atoms with E-state index in [2.05, 4.69) is 24.5 Å². The standard InChI is InChI=1S/C29H31N3O4/c1-19(2)20-10-12-24(13-11-20)31-28(33)18-32-25-16-27(36-4)26(35-3)15-21(25)14-22(29(32)34)17-30-23-8-6-5-7-9-23/h5-16,19,30H,17-18H2,1-4H3,(H,31,33). The number of methoxy groups -OCH3 is 2. The molecule has 0 radical (unpaired) electrons. The first-order valence-corrected chi connectivity index (χ1v) is 11.9. The smallest absolute Gasteiger partial charge is 0.256 e. The van der Waals surface area contributed by atoms with Gasteiger partial charge in [0.1, 0.15) is 6.54 Å². The molecule has 0 saturated carbocycles. The van der Waals surface area contributed by atoms with Gasteiger partial charge < -0.3 is 20.1 Å². The molecule has 0 aliphatic heterocycles. The highest BCUT2D eigenvalue weighted by atomic mass is 16.5. The third-order valence-electron chi connectivity index (χ3n) is 6.09. The summed E-state index contributed by atoms with van der Waals surface area (Å²) in [5.41, 5.74) is 3.65. The number of anilines is 2. The molecule has 3 aromatic carbocycles. The molecular formula is C29H31N3O4. The predicted octanol–water partition coefficient (Wildman–Crippen LogP) is 5.39. The summed E-state index contributed by atoms with van der Waals surface area (Å²) in [5.74, 6) is 1.14. The van der Waals surface area contributed by atoms with Crippen LogP contribution in [-0.4, -0.2) is 24.7 Å². The van der Waals surface area contributed by atoms with E-state index < -0.39 is 0 Å². The monoisotopic (exact) mass is 485 g/mol. The first kappa shape index (κ1) is 24.9. The fourth-order valence-corrected chi connectivity index (χ4v) is 4.10. The van der Waals surface area contributed by atoms with Crippen molar-refractivity contribution in [1.29, 1.82) is 0 Å². The molecule has 7 heteroatoms. The van der Waals surface area contributed by atoms with Crippen molar-refractivity contribution in [2.45, 2.75) is 32.9 Å². The van der Waals surface area contributed by atoms with Gasteiger partial charge in [-0.3, -0.25) is 14.2 Å². The summed E-state index contributed by atoms with van der Waals surface area (Å²) in [6.07, 6.45) is 0. The Morgan fingerprint density at radius 3 is 2.19 bits per heavy atom. The number of hydrogen-bond donors (Lipinski definition) is 2. The molecule has 0 fully saturated rings. The van der Waals surface area contributed by atoms with E-state index in [1.54, 1.807) is 13.2 Å². The third kappa shape index (κ3) is 5.51. The number of para-hydroxylation sites is 1. The topological polar surface area (TPSA) is 81.6 Å². The zero-order valence-corrected chi connectivity index (χ0v) is 21.0. The Hall–Kier alpha value is -4.26. The molecule has 2 N–H and O–H groups in total. The highest BCUT2D eigenvalue weighted by Gasteiger charge is 2.16. The second-order valence-electron chi connectivity index (χ2n) is 8.87. The number of ether oxygens (including phenoxy) is 2. The number of rotatable bonds is 9. The van der Waals surface area contributed by atoms with Gasteiger partial charge in [-0.25, -0.2) is 0 Å². The van der Waals surface area contributed by atoms with Crippen LogP contribution in [0.15, 0.2) is 77.6 Å². The summed E-state index contributed by atoms with van der Waals surface area (Å²) in [7, 11) is 3.10. The molecule has 0 bridgehead atoms. The van der Waals surface area contributed by atoms with Gasteiger partial charge in [-0.15, -0.1) is 0 Å². The van der Waals surface area contributed by atoms with Crippen LogP contribution in [0.1, 0.15) is 30.9 Å². The molecule has 186 valence electrons. The predicted molar refractivity (Wildman–Crippen MR) is 144 cm³/mol. The maximum Gasteiger partial charge on any atom is 0.256 e. The minimum atomic E-state index is -0.293. The molecule has 0 atom stereocenters. The fourth-order valence-electron chi connectivity index (χ4n) is 4.10. The minimum absolute atomic E-state index is 0.143. The Morgan fingerprint density at radius 1 is 0.889 bits per heavy atom. The average molecular weight is 486 g/mol. The summed E-state index contributed by atoms with van der Waals surface area (Å²) in [5, 5.41) is 6.96. The lowest BCUT2D eigenvalue weighted by atomic mass is 10.0. The number of nitrogens with zero attached hydrogens (tertiary/aromatic N) is 1. The molecule has 36 heavy (non-hydrogen) atoms. The number of hydrogen-bond acceptors (Lipinski definition) is 5. The number of carbonyl (C=O) groups excluding carboxylic acids is 1. The van der Waals surface area contributed by atoms with Gasteiger partial charge in [-0.05, 0) is 47.9 Å². The number of amides is 1. The molecule has 0 aliphatic rings. The van der Waals surface area contributed by atoms with E-state index in [1.165, 1.54) is 17.2 Å². The third-order valence-corrected chi connectivity index (χ3v) is 6.09. The van der Waals surface area contributed by atoms with Crippen LogP contribution in [0.3, 0.4) is 0 Å². The van der Waals surface area contributed by atoms with Crippen molar-refractivity contribution < 1.29 is 14.3 Å². The van der Waals surface area contributed by atoms with E-state index >= 15 is 0 Å². The van der Waals surface area contributed by atoms with Crippen LogP contribution in [0.5, 0.6) is 11.5 Å². The van der Waals surface area contributed by atoms with Crippen LogP contribution < -0.4 is 25.7 Å². The molecule has 0 aliphatic carbocycles. The molecular weight excluding hydrogens is 454 g/mol. The maximum atomic E-state index is 13.5. The van der Waals surface area contributed by atoms with Crippen molar-refractivity contribution in [1.82, 2.24) is 4.57 Å². The quantitative estimate of drug-likeness (QED) is 0.332. The summed E-state index contributed by atoms with van der Waals surface area (Å²) in [6.45, 7) is 4.41. The Labute approximate surface area is 210 Å². The van der Waals surface area contributed by atoms with Gasteiger partial charge >= 0.3 is 0 Å². The van der Waals surface area contributed by atoms with Crippen molar-refractivity contribution in [2.75, 3.05) is 24.9 Å². The maximum absolute atomic E-state index is 13.5. The van der Waals surface area contributed by atoms with Gasteiger partial charge in [-0.2, -0.15) is 0 Å². The van der Waals surface area contributed by atoms with Crippen molar-refractivity contribution in [2.24, 2.45) is 0 Å². The second-order valence-corrected chi connectivity index (χ2v) is 8.87. The van der Waals surface area contributed by atoms with Crippen LogP contribution >= 0.6 is 0 Å². The number of pyridine rings is 1. The Kier molecular flexibility index (Phi) is 7.59. The average Bonchev–Trinajstić information content (AvgIpc) is 2.89. The summed E-state index contributed by atoms with van der Waals surface area (Å²) >= 11 is 0. The fraction of sp³-hybridized carbons (Fsp3) is 0.241. The SMILES string of the molecule is COc1cc2cc(CNc3ccccc3)c(=O)n(CC(=O)Nc3ccc(C(C)C)cc3)c2cc1OC. The lowest BCUT2D eigenvalue weighted by Crippen LogP contribution is -2.30. The number of nitrogens with one attached hydrogen (secondary N) is 2. The highest BCUT2D eigenvalue weighted by molar-refractivity contribution is 5.92. The lowest BCUT2D eigenvalue weighted by Gasteiger charge is -2.16. The molecule has 0 saturated heterocycles. The normalized spacial score (nSPS) is 10.9. The number of benzene rings is 3. The first-order valence-electron chi connectivity index (χ1n) is 11.9. The zero-order chi connectivity index (χ0) is 25.7.